The summed E-state index contributed by atoms with van der Waals surface area (Å²) in [6.45, 7) is 0. The zero-order chi connectivity index (χ0) is 7.23. The van der Waals surface area contributed by atoms with E-state index in [0.29, 0.717) is 5.92 Å². The fourth-order valence-corrected chi connectivity index (χ4v) is 1.50. The maximum absolute atomic E-state index is 9.84. The summed E-state index contributed by atoms with van der Waals surface area (Å²) < 4.78 is 0. The topological polar surface area (TPSA) is 17.1 Å². The molecule has 0 bridgehead atoms. The van der Waals surface area contributed by atoms with Crippen LogP contribution in [0.1, 0.15) is 32.1 Å². The molecule has 0 atom stereocenters. The zero-order valence-corrected chi connectivity index (χ0v) is 9.59. The minimum atomic E-state index is 0. The molecule has 0 heterocycles. The molecular weight excluding hydrogens is 213 g/mol. The molecule has 0 aromatic heterocycles. The molecular formula is C9H13OY-. The Morgan fingerprint density at radius 1 is 1.18 bits per heavy atom. The molecule has 1 rings (SSSR count). The van der Waals surface area contributed by atoms with Crippen LogP contribution in [-0.4, -0.2) is 6.29 Å². The van der Waals surface area contributed by atoms with E-state index in [4.69, 9.17) is 0 Å². The average molecular weight is 226 g/mol. The van der Waals surface area contributed by atoms with Gasteiger partial charge < -0.3 is 4.79 Å². The van der Waals surface area contributed by atoms with Crippen molar-refractivity contribution in [2.24, 2.45) is 5.92 Å². The number of allylic oxidation sites excluding steroid dienone is 2. The van der Waals surface area contributed by atoms with E-state index in [0.717, 1.165) is 0 Å². The fourth-order valence-electron chi connectivity index (χ4n) is 1.50. The monoisotopic (exact) mass is 226 g/mol. The SMILES string of the molecule is O=[C-]C=CC1CCCCC1.[Y]. The predicted molar refractivity (Wildman–Crippen MR) is 41.4 cm³/mol. The van der Waals surface area contributed by atoms with E-state index in [1.165, 1.54) is 38.2 Å². The Bertz CT molecular complexity index is 126. The Balaban J connectivity index is 0.000001000. The molecule has 0 unspecified atom stereocenters. The first-order valence-electron chi connectivity index (χ1n) is 3.98. The summed E-state index contributed by atoms with van der Waals surface area (Å²) in [5.74, 6) is 0.662. The fraction of sp³-hybridized carbons (Fsp3) is 0.667. The Hall–Kier alpha value is 0.514. The van der Waals surface area contributed by atoms with Gasteiger partial charge in [-0.1, -0.05) is 38.0 Å². The second kappa shape index (κ2) is 7.18. The second-order valence-corrected chi connectivity index (χ2v) is 2.88. The van der Waals surface area contributed by atoms with Gasteiger partial charge in [-0.3, -0.25) is 0 Å². The van der Waals surface area contributed by atoms with Gasteiger partial charge in [0.1, 0.15) is 0 Å². The van der Waals surface area contributed by atoms with Gasteiger partial charge in [-0.2, -0.15) is 6.08 Å². The first kappa shape index (κ1) is 11.5. The molecule has 1 fully saturated rings. The molecule has 59 valence electrons. The number of carbonyl (C=O) groups excluding carboxylic acids is 1. The molecule has 1 aliphatic rings. The number of hydrogen-bond donors (Lipinski definition) is 0. The Morgan fingerprint density at radius 2 is 1.82 bits per heavy atom. The quantitative estimate of drug-likeness (QED) is 0.521. The van der Waals surface area contributed by atoms with Gasteiger partial charge in [0.2, 0.25) is 0 Å². The Morgan fingerprint density at radius 3 is 2.36 bits per heavy atom. The molecule has 0 aliphatic heterocycles. The van der Waals surface area contributed by atoms with Gasteiger partial charge in [-0.15, -0.1) is 0 Å². The van der Waals surface area contributed by atoms with E-state index < -0.39 is 0 Å². The predicted octanol–water partition coefficient (Wildman–Crippen LogP) is 2.23. The molecule has 11 heavy (non-hydrogen) atoms. The van der Waals surface area contributed by atoms with Crippen LogP contribution in [-0.2, 0) is 37.5 Å². The van der Waals surface area contributed by atoms with Crippen molar-refractivity contribution in [1.82, 2.24) is 0 Å². The van der Waals surface area contributed by atoms with Gasteiger partial charge in [-0.05, 0) is 6.29 Å². The molecule has 0 amide bonds. The standard InChI is InChI=1S/C9H13O.Y/c10-8-4-7-9-5-2-1-3-6-9;/h4,7,9H,1-3,5-6H2;/q-1;. The van der Waals surface area contributed by atoms with Crippen LogP contribution in [0.3, 0.4) is 0 Å². The molecule has 0 aromatic carbocycles. The van der Waals surface area contributed by atoms with Crippen molar-refractivity contribution in [2.75, 3.05) is 0 Å². The molecule has 0 N–H and O–H groups in total. The Kier molecular flexibility index (Phi) is 7.51. The molecule has 1 aliphatic carbocycles. The van der Waals surface area contributed by atoms with Gasteiger partial charge in [0, 0.05) is 32.7 Å². The second-order valence-electron chi connectivity index (χ2n) is 2.88. The third-order valence-corrected chi connectivity index (χ3v) is 2.09. The van der Waals surface area contributed by atoms with E-state index in [1.54, 1.807) is 6.29 Å². The summed E-state index contributed by atoms with van der Waals surface area (Å²) in [7, 11) is 0. The first-order valence-corrected chi connectivity index (χ1v) is 3.98. The molecule has 1 radical (unpaired) electrons. The third-order valence-electron chi connectivity index (χ3n) is 2.09. The van der Waals surface area contributed by atoms with Crippen molar-refractivity contribution in [3.05, 3.63) is 12.2 Å². The maximum Gasteiger partial charge on any atom is 0 e. The molecule has 0 spiro atoms. The van der Waals surface area contributed by atoms with E-state index in [2.05, 4.69) is 0 Å². The summed E-state index contributed by atoms with van der Waals surface area (Å²) in [6, 6.07) is 0. The largest absolute Gasteiger partial charge is 0.419 e. The van der Waals surface area contributed by atoms with Crippen LogP contribution in [0.15, 0.2) is 12.2 Å². The van der Waals surface area contributed by atoms with E-state index in [1.807, 2.05) is 6.08 Å². The normalized spacial score (nSPS) is 19.6. The number of hydrogen-bond acceptors (Lipinski definition) is 1. The van der Waals surface area contributed by atoms with E-state index in [-0.39, 0.29) is 32.7 Å². The van der Waals surface area contributed by atoms with Crippen molar-refractivity contribution in [3.63, 3.8) is 0 Å². The van der Waals surface area contributed by atoms with Gasteiger partial charge in [-0.25, -0.2) is 6.08 Å². The molecule has 2 heteroatoms. The molecule has 1 saturated carbocycles. The van der Waals surface area contributed by atoms with Crippen molar-refractivity contribution >= 4 is 6.29 Å². The van der Waals surface area contributed by atoms with Crippen LogP contribution >= 0.6 is 0 Å². The molecule has 1 nitrogen and oxygen atoms in total. The van der Waals surface area contributed by atoms with E-state index >= 15 is 0 Å². The van der Waals surface area contributed by atoms with Crippen LogP contribution in [0.25, 0.3) is 0 Å². The zero-order valence-electron chi connectivity index (χ0n) is 6.75. The van der Waals surface area contributed by atoms with Crippen molar-refractivity contribution < 1.29 is 37.5 Å². The summed E-state index contributed by atoms with van der Waals surface area (Å²) in [4.78, 5) is 9.84. The van der Waals surface area contributed by atoms with Gasteiger partial charge >= 0.3 is 0 Å². The van der Waals surface area contributed by atoms with Crippen molar-refractivity contribution in [1.29, 1.82) is 0 Å². The van der Waals surface area contributed by atoms with Crippen LogP contribution in [0, 0.1) is 5.92 Å². The summed E-state index contributed by atoms with van der Waals surface area (Å²) >= 11 is 0. The van der Waals surface area contributed by atoms with Crippen LogP contribution in [0.2, 0.25) is 0 Å². The Labute approximate surface area is 93.5 Å². The maximum atomic E-state index is 9.84. The van der Waals surface area contributed by atoms with Crippen LogP contribution in [0.5, 0.6) is 0 Å². The smallest absolute Gasteiger partial charge is 0 e. The average Bonchev–Trinajstić information content (AvgIpc) is 2.03. The summed E-state index contributed by atoms with van der Waals surface area (Å²) in [5.41, 5.74) is 0. The van der Waals surface area contributed by atoms with Crippen molar-refractivity contribution in [3.8, 4) is 0 Å². The van der Waals surface area contributed by atoms with Crippen molar-refractivity contribution in [2.45, 2.75) is 32.1 Å². The summed E-state index contributed by atoms with van der Waals surface area (Å²) in [5, 5.41) is 0. The third kappa shape index (κ3) is 4.87. The first-order chi connectivity index (χ1) is 4.93. The molecule has 0 aromatic rings. The minimum absolute atomic E-state index is 0. The van der Waals surface area contributed by atoms with Gasteiger partial charge in [0.15, 0.2) is 0 Å². The van der Waals surface area contributed by atoms with Crippen LogP contribution < -0.4 is 0 Å². The van der Waals surface area contributed by atoms with Gasteiger partial charge in [0.05, 0.1) is 0 Å². The van der Waals surface area contributed by atoms with Gasteiger partial charge in [0.25, 0.3) is 0 Å². The molecule has 0 saturated heterocycles. The number of rotatable bonds is 2. The summed E-state index contributed by atoms with van der Waals surface area (Å²) in [6.07, 6.45) is 11.8. The minimum Gasteiger partial charge on any atom is -0.419 e. The van der Waals surface area contributed by atoms with Crippen LogP contribution in [0.4, 0.5) is 0 Å². The van der Waals surface area contributed by atoms with E-state index in [9.17, 15) is 4.79 Å².